The average molecular weight is 303 g/mol. The molecule has 5 heteroatoms. The number of hydrogen-bond acceptors (Lipinski definition) is 3. The quantitative estimate of drug-likeness (QED) is 0.912. The highest BCUT2D eigenvalue weighted by Gasteiger charge is 2.33. The summed E-state index contributed by atoms with van der Waals surface area (Å²) < 4.78 is 1.17. The van der Waals surface area contributed by atoms with Crippen molar-refractivity contribution in [2.24, 2.45) is 5.92 Å². The van der Waals surface area contributed by atoms with Crippen molar-refractivity contribution in [3.8, 4) is 0 Å². The summed E-state index contributed by atoms with van der Waals surface area (Å²) in [6, 6.07) is 7.79. The third-order valence-corrected chi connectivity index (χ3v) is 5.10. The lowest BCUT2D eigenvalue weighted by molar-refractivity contribution is -0.142. The zero-order valence-electron chi connectivity index (χ0n) is 11.5. The molecule has 1 aromatic carbocycles. The summed E-state index contributed by atoms with van der Waals surface area (Å²) in [6.45, 7) is 0. The fourth-order valence-electron chi connectivity index (χ4n) is 3.03. The predicted molar refractivity (Wildman–Crippen MR) is 82.4 cm³/mol. The minimum Gasteiger partial charge on any atom is -0.481 e. The molecule has 1 aliphatic carbocycles. The predicted octanol–water partition coefficient (Wildman–Crippen LogP) is 2.81. The highest BCUT2D eigenvalue weighted by atomic mass is 32.1. The first-order valence-electron chi connectivity index (χ1n) is 7.12. The number of amides is 1. The standard InChI is InChI=1S/C16H17NO3S/c18-15(17-13-6-3-5-12(13)16(19)20)8-10-9-21-14-7-2-1-4-11(10)14/h1-2,4,7,9,12-13H,3,5-6,8H2,(H,17,18)(H,19,20)/t12-,13+/m1/s1. The molecule has 3 rings (SSSR count). The molecule has 110 valence electrons. The molecule has 1 amide bonds. The van der Waals surface area contributed by atoms with E-state index in [9.17, 15) is 9.59 Å². The van der Waals surface area contributed by atoms with Gasteiger partial charge in [-0.2, -0.15) is 0 Å². The van der Waals surface area contributed by atoms with Gasteiger partial charge in [-0.25, -0.2) is 0 Å². The van der Waals surface area contributed by atoms with Crippen LogP contribution in [0, 0.1) is 5.92 Å². The van der Waals surface area contributed by atoms with Gasteiger partial charge in [-0.05, 0) is 35.2 Å². The molecule has 0 radical (unpaired) electrons. The molecule has 4 nitrogen and oxygen atoms in total. The number of carbonyl (C=O) groups is 2. The van der Waals surface area contributed by atoms with Crippen LogP contribution in [-0.4, -0.2) is 23.0 Å². The molecule has 1 aliphatic rings. The van der Waals surface area contributed by atoms with Gasteiger partial charge >= 0.3 is 5.97 Å². The number of thiophene rings is 1. The number of carbonyl (C=O) groups excluding carboxylic acids is 1. The maximum Gasteiger partial charge on any atom is 0.308 e. The molecule has 2 atom stereocenters. The Labute approximate surface area is 126 Å². The number of carboxylic acids is 1. The van der Waals surface area contributed by atoms with Gasteiger partial charge in [0, 0.05) is 10.7 Å². The topological polar surface area (TPSA) is 66.4 Å². The number of rotatable bonds is 4. The van der Waals surface area contributed by atoms with E-state index in [2.05, 4.69) is 5.32 Å². The lowest BCUT2D eigenvalue weighted by atomic mass is 10.0. The van der Waals surface area contributed by atoms with Gasteiger partial charge in [-0.15, -0.1) is 11.3 Å². The second-order valence-electron chi connectivity index (χ2n) is 5.48. The summed E-state index contributed by atoms with van der Waals surface area (Å²) >= 11 is 1.63. The van der Waals surface area contributed by atoms with Crippen LogP contribution in [0.2, 0.25) is 0 Å². The number of carboxylic acid groups (broad SMARTS) is 1. The summed E-state index contributed by atoms with van der Waals surface area (Å²) in [5.41, 5.74) is 1.01. The van der Waals surface area contributed by atoms with Crippen LogP contribution in [0.5, 0.6) is 0 Å². The number of nitrogens with one attached hydrogen (secondary N) is 1. The van der Waals surface area contributed by atoms with Gasteiger partial charge in [-0.1, -0.05) is 24.6 Å². The molecule has 1 fully saturated rings. The van der Waals surface area contributed by atoms with Crippen molar-refractivity contribution in [2.75, 3.05) is 0 Å². The Bertz CT molecular complexity index is 679. The largest absolute Gasteiger partial charge is 0.481 e. The van der Waals surface area contributed by atoms with Gasteiger partial charge in [0.1, 0.15) is 0 Å². The van der Waals surface area contributed by atoms with E-state index in [1.807, 2.05) is 29.6 Å². The Morgan fingerprint density at radius 1 is 1.29 bits per heavy atom. The fraction of sp³-hybridized carbons (Fsp3) is 0.375. The van der Waals surface area contributed by atoms with Crippen molar-refractivity contribution in [1.29, 1.82) is 0 Å². The van der Waals surface area contributed by atoms with Crippen molar-refractivity contribution in [3.05, 3.63) is 35.2 Å². The van der Waals surface area contributed by atoms with Crippen molar-refractivity contribution < 1.29 is 14.7 Å². The Balaban J connectivity index is 1.68. The molecule has 0 spiro atoms. The maximum atomic E-state index is 12.2. The van der Waals surface area contributed by atoms with Gasteiger partial charge in [-0.3, -0.25) is 9.59 Å². The van der Waals surface area contributed by atoms with Crippen LogP contribution in [0.3, 0.4) is 0 Å². The third-order valence-electron chi connectivity index (χ3n) is 4.09. The molecular weight excluding hydrogens is 286 g/mol. The summed E-state index contributed by atoms with van der Waals surface area (Å²) in [7, 11) is 0. The van der Waals surface area contributed by atoms with E-state index in [1.165, 1.54) is 4.70 Å². The van der Waals surface area contributed by atoms with Crippen LogP contribution < -0.4 is 5.32 Å². The minimum atomic E-state index is -0.807. The van der Waals surface area contributed by atoms with E-state index < -0.39 is 11.9 Å². The highest BCUT2D eigenvalue weighted by molar-refractivity contribution is 7.17. The van der Waals surface area contributed by atoms with Crippen molar-refractivity contribution in [3.63, 3.8) is 0 Å². The molecule has 21 heavy (non-hydrogen) atoms. The number of fused-ring (bicyclic) bond motifs is 1. The SMILES string of the molecule is O=C(Cc1csc2ccccc12)N[C@H]1CCC[C@H]1C(=O)O. The van der Waals surface area contributed by atoms with Gasteiger partial charge in [0.05, 0.1) is 12.3 Å². The molecule has 0 unspecified atom stereocenters. The molecule has 0 saturated heterocycles. The van der Waals surface area contributed by atoms with Crippen LogP contribution in [0.25, 0.3) is 10.1 Å². The first-order chi connectivity index (χ1) is 10.1. The summed E-state index contributed by atoms with van der Waals surface area (Å²) in [4.78, 5) is 23.3. The highest BCUT2D eigenvalue weighted by Crippen LogP contribution is 2.28. The van der Waals surface area contributed by atoms with E-state index >= 15 is 0 Å². The molecule has 2 aromatic rings. The van der Waals surface area contributed by atoms with Gasteiger partial charge < -0.3 is 10.4 Å². The van der Waals surface area contributed by atoms with Crippen molar-refractivity contribution >= 4 is 33.3 Å². The lowest BCUT2D eigenvalue weighted by Gasteiger charge is -2.17. The first-order valence-corrected chi connectivity index (χ1v) is 8.00. The Kier molecular flexibility index (Phi) is 3.92. The van der Waals surface area contributed by atoms with Crippen LogP contribution in [0.1, 0.15) is 24.8 Å². The molecular formula is C16H17NO3S. The van der Waals surface area contributed by atoms with E-state index in [4.69, 9.17) is 5.11 Å². The molecule has 1 saturated carbocycles. The van der Waals surface area contributed by atoms with Crippen LogP contribution >= 0.6 is 11.3 Å². The number of hydrogen-bond donors (Lipinski definition) is 2. The molecule has 1 aromatic heterocycles. The Hall–Kier alpha value is -1.88. The molecule has 2 N–H and O–H groups in total. The molecule has 1 heterocycles. The fourth-order valence-corrected chi connectivity index (χ4v) is 3.99. The van der Waals surface area contributed by atoms with Crippen LogP contribution in [-0.2, 0) is 16.0 Å². The van der Waals surface area contributed by atoms with Crippen LogP contribution in [0.4, 0.5) is 0 Å². The third kappa shape index (κ3) is 2.93. The van der Waals surface area contributed by atoms with Crippen LogP contribution in [0.15, 0.2) is 29.6 Å². The number of aliphatic carboxylic acids is 1. The van der Waals surface area contributed by atoms with E-state index in [0.29, 0.717) is 12.8 Å². The summed E-state index contributed by atoms with van der Waals surface area (Å²) in [5.74, 6) is -1.33. The average Bonchev–Trinajstić information content (AvgIpc) is 3.06. The molecule has 0 bridgehead atoms. The monoisotopic (exact) mass is 303 g/mol. The first kappa shape index (κ1) is 14.1. The number of benzene rings is 1. The zero-order chi connectivity index (χ0) is 14.8. The molecule has 0 aliphatic heterocycles. The van der Waals surface area contributed by atoms with E-state index in [1.54, 1.807) is 11.3 Å². The minimum absolute atomic E-state index is 0.0864. The Morgan fingerprint density at radius 3 is 2.90 bits per heavy atom. The van der Waals surface area contributed by atoms with E-state index in [-0.39, 0.29) is 11.9 Å². The maximum absolute atomic E-state index is 12.2. The van der Waals surface area contributed by atoms with E-state index in [0.717, 1.165) is 23.8 Å². The smallest absolute Gasteiger partial charge is 0.308 e. The van der Waals surface area contributed by atoms with Gasteiger partial charge in [0.15, 0.2) is 0 Å². The Morgan fingerprint density at radius 2 is 2.10 bits per heavy atom. The van der Waals surface area contributed by atoms with Gasteiger partial charge in [0.2, 0.25) is 5.91 Å². The summed E-state index contributed by atoms with van der Waals surface area (Å²) in [5, 5.41) is 15.2. The second-order valence-corrected chi connectivity index (χ2v) is 6.39. The van der Waals surface area contributed by atoms with Gasteiger partial charge in [0.25, 0.3) is 0 Å². The normalized spacial score (nSPS) is 21.5. The lowest BCUT2D eigenvalue weighted by Crippen LogP contribution is -2.40. The zero-order valence-corrected chi connectivity index (χ0v) is 12.4. The summed E-state index contributed by atoms with van der Waals surface area (Å²) in [6.07, 6.45) is 2.59. The van der Waals surface area contributed by atoms with Crippen molar-refractivity contribution in [2.45, 2.75) is 31.7 Å². The second kappa shape index (κ2) is 5.85. The van der Waals surface area contributed by atoms with Crippen molar-refractivity contribution in [1.82, 2.24) is 5.32 Å².